The average Bonchev–Trinajstić information content (AvgIpc) is 3.51. The Labute approximate surface area is 211 Å². The van der Waals surface area contributed by atoms with Crippen molar-refractivity contribution >= 4 is 55.6 Å². The molecule has 7 rings (SSSR count). The topological polar surface area (TPSA) is 107 Å². The molecule has 2 aromatic heterocycles. The zero-order chi connectivity index (χ0) is 25.3. The first kappa shape index (κ1) is 22.1. The standard InChI is InChI=1S/C28H26N4O5/c1-36-11-10-29-27(34)37-15-28(35)13-31-19-8-4-2-6-16(19)21-18-12-30-26(33)23(18)22-17-7-3-5-9-20(17)32(14-28)25(22)24(21)31/h2-9,35H,10-15H2,1H3,(H,29,34)(H,30,33). The quantitative estimate of drug-likeness (QED) is 0.323. The van der Waals surface area contributed by atoms with Gasteiger partial charge in [-0.15, -0.1) is 0 Å². The number of fused-ring (bicyclic) bond motifs is 9. The van der Waals surface area contributed by atoms with Crippen LogP contribution < -0.4 is 10.6 Å². The lowest BCUT2D eigenvalue weighted by atomic mass is 9.97. The molecular formula is C28H26N4O5. The Bertz CT molecular complexity index is 1770. The van der Waals surface area contributed by atoms with Gasteiger partial charge in [0.05, 0.1) is 36.3 Å². The highest BCUT2D eigenvalue weighted by Crippen LogP contribution is 2.46. The van der Waals surface area contributed by atoms with Crippen LogP contribution in [0.15, 0.2) is 48.5 Å². The van der Waals surface area contributed by atoms with Gasteiger partial charge in [0.25, 0.3) is 5.91 Å². The summed E-state index contributed by atoms with van der Waals surface area (Å²) in [5.74, 6) is -0.0767. The number of benzene rings is 3. The van der Waals surface area contributed by atoms with Gasteiger partial charge in [0, 0.05) is 52.8 Å². The third-order valence-corrected chi connectivity index (χ3v) is 7.62. The van der Waals surface area contributed by atoms with Crippen molar-refractivity contribution in [2.75, 3.05) is 26.9 Å². The van der Waals surface area contributed by atoms with Crippen LogP contribution in [0.4, 0.5) is 4.79 Å². The third kappa shape index (κ3) is 3.11. The van der Waals surface area contributed by atoms with E-state index in [0.717, 1.165) is 49.2 Å². The summed E-state index contributed by atoms with van der Waals surface area (Å²) in [5.41, 5.74) is 4.10. The zero-order valence-corrected chi connectivity index (χ0v) is 20.3. The molecule has 0 saturated heterocycles. The summed E-state index contributed by atoms with van der Waals surface area (Å²) in [7, 11) is 1.56. The van der Waals surface area contributed by atoms with E-state index >= 15 is 0 Å². The first-order valence-corrected chi connectivity index (χ1v) is 12.4. The van der Waals surface area contributed by atoms with Crippen LogP contribution in [-0.2, 0) is 29.1 Å². The number of carbonyl (C=O) groups excluding carboxylic acids is 2. The average molecular weight is 499 g/mol. The number of nitrogens with one attached hydrogen (secondary N) is 2. The van der Waals surface area contributed by atoms with Gasteiger partial charge in [0.2, 0.25) is 0 Å². The molecule has 1 atom stereocenters. The molecule has 5 aromatic rings. The van der Waals surface area contributed by atoms with E-state index in [0.29, 0.717) is 25.3 Å². The Balaban J connectivity index is 1.50. The molecule has 2 amide bonds. The largest absolute Gasteiger partial charge is 0.446 e. The summed E-state index contributed by atoms with van der Waals surface area (Å²) in [6.45, 7) is 1.39. The summed E-state index contributed by atoms with van der Waals surface area (Å²) >= 11 is 0. The minimum Gasteiger partial charge on any atom is -0.446 e. The highest BCUT2D eigenvalue weighted by Gasteiger charge is 2.39. The van der Waals surface area contributed by atoms with E-state index in [1.807, 2.05) is 42.5 Å². The second-order valence-corrected chi connectivity index (χ2v) is 9.91. The smallest absolute Gasteiger partial charge is 0.407 e. The number of para-hydroxylation sites is 2. The summed E-state index contributed by atoms with van der Waals surface area (Å²) in [6, 6.07) is 16.0. The Morgan fingerprint density at radius 3 is 2.32 bits per heavy atom. The first-order chi connectivity index (χ1) is 18.0. The normalized spacial score (nSPS) is 18.6. The van der Waals surface area contributed by atoms with Gasteiger partial charge in [-0.1, -0.05) is 36.4 Å². The molecule has 4 heterocycles. The maximum Gasteiger partial charge on any atom is 0.407 e. The number of amides is 2. The molecule has 0 radical (unpaired) electrons. The third-order valence-electron chi connectivity index (χ3n) is 7.62. The summed E-state index contributed by atoms with van der Waals surface area (Å²) < 4.78 is 14.7. The van der Waals surface area contributed by atoms with Crippen LogP contribution in [-0.4, -0.2) is 58.7 Å². The molecule has 3 N–H and O–H groups in total. The van der Waals surface area contributed by atoms with E-state index in [-0.39, 0.29) is 25.6 Å². The van der Waals surface area contributed by atoms with Gasteiger partial charge < -0.3 is 34.3 Å². The molecular weight excluding hydrogens is 472 g/mol. The number of methoxy groups -OCH3 is 1. The van der Waals surface area contributed by atoms with Gasteiger partial charge in [0.15, 0.2) is 0 Å². The molecule has 0 aliphatic carbocycles. The van der Waals surface area contributed by atoms with E-state index in [1.165, 1.54) is 0 Å². The lowest BCUT2D eigenvalue weighted by Gasteiger charge is -2.28. The van der Waals surface area contributed by atoms with Crippen LogP contribution in [0.2, 0.25) is 0 Å². The van der Waals surface area contributed by atoms with Crippen molar-refractivity contribution in [1.29, 1.82) is 0 Å². The van der Waals surface area contributed by atoms with Gasteiger partial charge in [-0.05, 0) is 17.7 Å². The number of hydrogen-bond donors (Lipinski definition) is 3. The molecule has 1 unspecified atom stereocenters. The van der Waals surface area contributed by atoms with Crippen LogP contribution in [0.5, 0.6) is 0 Å². The molecule has 37 heavy (non-hydrogen) atoms. The van der Waals surface area contributed by atoms with E-state index in [1.54, 1.807) is 7.11 Å². The number of aliphatic hydroxyl groups is 1. The van der Waals surface area contributed by atoms with Gasteiger partial charge in [-0.25, -0.2) is 4.79 Å². The van der Waals surface area contributed by atoms with E-state index in [4.69, 9.17) is 9.47 Å². The van der Waals surface area contributed by atoms with Crippen LogP contribution in [0.3, 0.4) is 0 Å². The SMILES string of the molecule is COCCNC(=O)OCC1(O)Cn2c3ccccc3c3c4c(c5c6ccccc6n(c5c32)C1)C(=O)NC4. The van der Waals surface area contributed by atoms with E-state index < -0.39 is 11.7 Å². The minimum absolute atomic E-state index is 0.0767. The van der Waals surface area contributed by atoms with Crippen molar-refractivity contribution in [2.45, 2.75) is 25.2 Å². The molecule has 0 spiro atoms. The molecule has 0 bridgehead atoms. The number of hydrogen-bond acceptors (Lipinski definition) is 5. The zero-order valence-electron chi connectivity index (χ0n) is 20.3. The van der Waals surface area contributed by atoms with Crippen LogP contribution in [0, 0.1) is 0 Å². The van der Waals surface area contributed by atoms with Crippen molar-refractivity contribution in [3.05, 3.63) is 59.7 Å². The van der Waals surface area contributed by atoms with Crippen LogP contribution in [0.1, 0.15) is 15.9 Å². The van der Waals surface area contributed by atoms with Gasteiger partial charge >= 0.3 is 6.09 Å². The van der Waals surface area contributed by atoms with Crippen LogP contribution in [0.25, 0.3) is 43.6 Å². The molecule has 2 aliphatic rings. The van der Waals surface area contributed by atoms with Crippen molar-refractivity contribution in [3.63, 3.8) is 0 Å². The molecule has 9 nitrogen and oxygen atoms in total. The Morgan fingerprint density at radius 1 is 1.03 bits per heavy atom. The number of rotatable bonds is 5. The van der Waals surface area contributed by atoms with Crippen molar-refractivity contribution < 1.29 is 24.2 Å². The highest BCUT2D eigenvalue weighted by molar-refractivity contribution is 6.30. The molecule has 9 heteroatoms. The minimum atomic E-state index is -1.40. The molecule has 0 fully saturated rings. The summed E-state index contributed by atoms with van der Waals surface area (Å²) in [5, 5.41) is 21.6. The maximum absolute atomic E-state index is 13.2. The van der Waals surface area contributed by atoms with Gasteiger partial charge in [-0.3, -0.25) is 4.79 Å². The number of ether oxygens (including phenoxy) is 2. The Hall–Kier alpha value is -4.08. The molecule has 2 aliphatic heterocycles. The van der Waals surface area contributed by atoms with E-state index in [9.17, 15) is 14.7 Å². The second kappa shape index (κ2) is 7.96. The second-order valence-electron chi connectivity index (χ2n) is 9.91. The van der Waals surface area contributed by atoms with Crippen molar-refractivity contribution in [2.24, 2.45) is 0 Å². The summed E-state index contributed by atoms with van der Waals surface area (Å²) in [6.07, 6.45) is -0.604. The van der Waals surface area contributed by atoms with Crippen molar-refractivity contribution in [1.82, 2.24) is 19.8 Å². The monoisotopic (exact) mass is 498 g/mol. The van der Waals surface area contributed by atoms with Gasteiger partial charge in [0.1, 0.15) is 12.2 Å². The fourth-order valence-corrected chi connectivity index (χ4v) is 6.18. The maximum atomic E-state index is 13.2. The molecule has 188 valence electrons. The number of nitrogens with zero attached hydrogens (tertiary/aromatic N) is 2. The van der Waals surface area contributed by atoms with Crippen LogP contribution >= 0.6 is 0 Å². The fraction of sp³-hybridized carbons (Fsp3) is 0.286. The lowest BCUT2D eigenvalue weighted by molar-refractivity contribution is -0.0424. The van der Waals surface area contributed by atoms with E-state index in [2.05, 4.69) is 25.8 Å². The van der Waals surface area contributed by atoms with Gasteiger partial charge in [-0.2, -0.15) is 0 Å². The lowest BCUT2D eigenvalue weighted by Crippen LogP contribution is -2.44. The Kier molecular flexibility index (Phi) is 4.76. The number of carbonyl (C=O) groups is 2. The predicted molar refractivity (Wildman–Crippen MR) is 140 cm³/mol. The first-order valence-electron chi connectivity index (χ1n) is 12.4. The Morgan fingerprint density at radius 2 is 1.65 bits per heavy atom. The highest BCUT2D eigenvalue weighted by atomic mass is 16.6. The predicted octanol–water partition coefficient (Wildman–Crippen LogP) is 3.26. The summed E-state index contributed by atoms with van der Waals surface area (Å²) in [4.78, 5) is 25.5. The van der Waals surface area contributed by atoms with Crippen molar-refractivity contribution in [3.8, 4) is 0 Å². The number of alkyl carbamates (subject to hydrolysis) is 1. The number of aromatic nitrogens is 2. The molecule has 0 saturated carbocycles. The molecule has 3 aromatic carbocycles. The fourth-order valence-electron chi connectivity index (χ4n) is 6.18.